The lowest BCUT2D eigenvalue weighted by molar-refractivity contribution is -0.127. The zero-order chi connectivity index (χ0) is 16.9. The molecule has 0 bridgehead atoms. The van der Waals surface area contributed by atoms with E-state index in [0.29, 0.717) is 25.7 Å². The second-order valence-electron chi connectivity index (χ2n) is 5.46. The van der Waals surface area contributed by atoms with Gasteiger partial charge in [-0.15, -0.1) is 24.0 Å². The fourth-order valence-corrected chi connectivity index (χ4v) is 2.01. The Hall–Kier alpha value is -0.650. The van der Waals surface area contributed by atoms with Crippen LogP contribution in [0, 0.1) is 0 Å². The molecule has 1 amide bonds. The Labute approximate surface area is 162 Å². The van der Waals surface area contributed by atoms with E-state index < -0.39 is 0 Å². The molecule has 0 aromatic rings. The molecule has 2 N–H and O–H groups in total. The molecule has 8 nitrogen and oxygen atoms in total. The molecule has 1 fully saturated rings. The molecule has 0 aliphatic carbocycles. The van der Waals surface area contributed by atoms with Gasteiger partial charge < -0.3 is 25.0 Å². The minimum atomic E-state index is -0.0240. The number of rotatable bonds is 9. The fraction of sp³-hybridized carbons (Fsp3) is 0.867. The lowest BCUT2D eigenvalue weighted by Gasteiger charge is -2.26. The Bertz CT molecular complexity index is 363. The topological polar surface area (TPSA) is 78.4 Å². The highest BCUT2D eigenvalue weighted by Gasteiger charge is 2.10. The molecule has 0 radical (unpaired) electrons. The van der Waals surface area contributed by atoms with Crippen molar-refractivity contribution in [2.75, 3.05) is 79.8 Å². The summed E-state index contributed by atoms with van der Waals surface area (Å²) in [5.41, 5.74) is 0. The van der Waals surface area contributed by atoms with Crippen molar-refractivity contribution < 1.29 is 14.3 Å². The third-order valence-corrected chi connectivity index (χ3v) is 3.44. The number of ether oxygens (including phenoxy) is 2. The number of guanidine groups is 1. The first-order chi connectivity index (χ1) is 11.1. The van der Waals surface area contributed by atoms with Gasteiger partial charge in [0, 0.05) is 53.4 Å². The van der Waals surface area contributed by atoms with E-state index in [1.165, 1.54) is 4.90 Å². The number of hydrogen-bond donors (Lipinski definition) is 2. The van der Waals surface area contributed by atoms with Gasteiger partial charge in [0.1, 0.15) is 6.54 Å². The van der Waals surface area contributed by atoms with Crippen molar-refractivity contribution in [1.29, 1.82) is 0 Å². The Morgan fingerprint density at radius 3 is 2.54 bits per heavy atom. The number of morpholine rings is 1. The first kappa shape index (κ1) is 23.4. The molecule has 142 valence electrons. The average molecular weight is 457 g/mol. The molecule has 1 aliphatic rings. The molecular formula is C15H32IN5O3. The molecule has 1 saturated heterocycles. The Morgan fingerprint density at radius 1 is 1.25 bits per heavy atom. The summed E-state index contributed by atoms with van der Waals surface area (Å²) >= 11 is 0. The minimum absolute atomic E-state index is 0. The lowest BCUT2D eigenvalue weighted by atomic mass is 10.4. The maximum absolute atomic E-state index is 11.7. The van der Waals surface area contributed by atoms with Crippen LogP contribution in [-0.2, 0) is 14.3 Å². The number of aliphatic imine (C=N–C) groups is 1. The van der Waals surface area contributed by atoms with Gasteiger partial charge in [0.05, 0.1) is 19.8 Å². The van der Waals surface area contributed by atoms with Gasteiger partial charge in [0.2, 0.25) is 5.91 Å². The van der Waals surface area contributed by atoms with Gasteiger partial charge in [-0.3, -0.25) is 9.69 Å². The van der Waals surface area contributed by atoms with Crippen molar-refractivity contribution in [3.05, 3.63) is 0 Å². The average Bonchev–Trinajstić information content (AvgIpc) is 2.56. The Kier molecular flexibility index (Phi) is 14.3. The van der Waals surface area contributed by atoms with Crippen molar-refractivity contribution >= 4 is 35.8 Å². The summed E-state index contributed by atoms with van der Waals surface area (Å²) in [6.07, 6.45) is 0. The normalized spacial score (nSPS) is 15.5. The molecule has 1 rings (SSSR count). The molecule has 0 spiro atoms. The zero-order valence-corrected chi connectivity index (χ0v) is 17.4. The summed E-state index contributed by atoms with van der Waals surface area (Å²) in [4.78, 5) is 19.9. The van der Waals surface area contributed by atoms with Gasteiger partial charge in [-0.25, -0.2) is 4.99 Å². The monoisotopic (exact) mass is 457 g/mol. The molecule has 0 aromatic heterocycles. The third-order valence-electron chi connectivity index (χ3n) is 3.44. The summed E-state index contributed by atoms with van der Waals surface area (Å²) in [6.45, 7) is 9.28. The van der Waals surface area contributed by atoms with Gasteiger partial charge in [-0.2, -0.15) is 0 Å². The number of hydrogen-bond acceptors (Lipinski definition) is 5. The summed E-state index contributed by atoms with van der Waals surface area (Å²) in [6, 6.07) is 0. The third kappa shape index (κ3) is 11.0. The van der Waals surface area contributed by atoms with Crippen LogP contribution >= 0.6 is 24.0 Å². The maximum Gasteiger partial charge on any atom is 0.243 e. The molecule has 0 unspecified atom stereocenters. The van der Waals surface area contributed by atoms with E-state index in [1.807, 2.05) is 6.92 Å². The van der Waals surface area contributed by atoms with E-state index in [1.54, 1.807) is 14.1 Å². The van der Waals surface area contributed by atoms with Gasteiger partial charge in [0.25, 0.3) is 0 Å². The van der Waals surface area contributed by atoms with E-state index in [-0.39, 0.29) is 36.4 Å². The van der Waals surface area contributed by atoms with Gasteiger partial charge in [0.15, 0.2) is 5.96 Å². The van der Waals surface area contributed by atoms with Crippen LogP contribution in [0.2, 0.25) is 0 Å². The maximum atomic E-state index is 11.7. The number of nitrogens with one attached hydrogen (secondary N) is 2. The van der Waals surface area contributed by atoms with Crippen LogP contribution in [0.15, 0.2) is 4.99 Å². The highest BCUT2D eigenvalue weighted by Crippen LogP contribution is 1.94. The zero-order valence-electron chi connectivity index (χ0n) is 15.0. The molecule has 24 heavy (non-hydrogen) atoms. The van der Waals surface area contributed by atoms with E-state index >= 15 is 0 Å². The fourth-order valence-electron chi connectivity index (χ4n) is 2.01. The molecule has 0 aromatic carbocycles. The predicted octanol–water partition coefficient (Wildman–Crippen LogP) is -0.403. The number of carbonyl (C=O) groups is 1. The number of likely N-dealkylation sites (N-methyl/N-ethyl adjacent to an activating group) is 1. The highest BCUT2D eigenvalue weighted by atomic mass is 127. The van der Waals surface area contributed by atoms with E-state index in [0.717, 1.165) is 39.4 Å². The van der Waals surface area contributed by atoms with Crippen molar-refractivity contribution in [2.45, 2.75) is 6.92 Å². The number of carbonyl (C=O) groups excluding carboxylic acids is 1. The summed E-state index contributed by atoms with van der Waals surface area (Å²) in [5.74, 6) is 0.622. The second kappa shape index (κ2) is 14.7. The van der Waals surface area contributed by atoms with Gasteiger partial charge in [-0.1, -0.05) is 0 Å². The predicted molar refractivity (Wildman–Crippen MR) is 106 cm³/mol. The van der Waals surface area contributed by atoms with Gasteiger partial charge in [-0.05, 0) is 6.92 Å². The number of halogens is 1. The first-order valence-corrected chi connectivity index (χ1v) is 8.23. The van der Waals surface area contributed by atoms with Crippen LogP contribution in [-0.4, -0.2) is 101 Å². The van der Waals surface area contributed by atoms with Crippen molar-refractivity contribution in [2.24, 2.45) is 4.99 Å². The Balaban J connectivity index is 0.00000529. The number of amides is 1. The molecule has 1 aliphatic heterocycles. The van der Waals surface area contributed by atoms with Crippen LogP contribution < -0.4 is 10.6 Å². The first-order valence-electron chi connectivity index (χ1n) is 8.23. The number of nitrogens with zero attached hydrogens (tertiary/aromatic N) is 3. The largest absolute Gasteiger partial charge is 0.380 e. The van der Waals surface area contributed by atoms with E-state index in [2.05, 4.69) is 20.5 Å². The van der Waals surface area contributed by atoms with Crippen molar-refractivity contribution in [3.63, 3.8) is 0 Å². The SMILES string of the molecule is CCOCCNC(=NCC(=O)N(C)C)NCCN1CCOCC1.I. The molecular weight excluding hydrogens is 425 g/mol. The van der Waals surface area contributed by atoms with E-state index in [4.69, 9.17) is 9.47 Å². The van der Waals surface area contributed by atoms with Crippen LogP contribution in [0.5, 0.6) is 0 Å². The molecule has 0 atom stereocenters. The van der Waals surface area contributed by atoms with Crippen LogP contribution in [0.25, 0.3) is 0 Å². The smallest absolute Gasteiger partial charge is 0.243 e. The van der Waals surface area contributed by atoms with Crippen molar-refractivity contribution in [1.82, 2.24) is 20.4 Å². The Morgan fingerprint density at radius 2 is 1.92 bits per heavy atom. The minimum Gasteiger partial charge on any atom is -0.380 e. The summed E-state index contributed by atoms with van der Waals surface area (Å²) < 4.78 is 10.6. The van der Waals surface area contributed by atoms with Crippen LogP contribution in [0.4, 0.5) is 0 Å². The quantitative estimate of drug-likeness (QED) is 0.212. The van der Waals surface area contributed by atoms with Gasteiger partial charge >= 0.3 is 0 Å². The van der Waals surface area contributed by atoms with E-state index in [9.17, 15) is 4.79 Å². The summed E-state index contributed by atoms with van der Waals surface area (Å²) in [7, 11) is 3.46. The van der Waals surface area contributed by atoms with Crippen LogP contribution in [0.1, 0.15) is 6.92 Å². The molecule has 0 saturated carbocycles. The lowest BCUT2D eigenvalue weighted by Crippen LogP contribution is -2.45. The second-order valence-corrected chi connectivity index (χ2v) is 5.46. The van der Waals surface area contributed by atoms with Crippen molar-refractivity contribution in [3.8, 4) is 0 Å². The molecule has 1 heterocycles. The van der Waals surface area contributed by atoms with Crippen LogP contribution in [0.3, 0.4) is 0 Å². The summed E-state index contributed by atoms with van der Waals surface area (Å²) in [5, 5.41) is 6.45. The highest BCUT2D eigenvalue weighted by molar-refractivity contribution is 14.0. The standard InChI is InChI=1S/C15H31N5O3.HI/c1-4-22-10-6-17-15(18-13-14(21)19(2)3)16-5-7-20-8-11-23-12-9-20;/h4-13H2,1-3H3,(H2,16,17,18);1H. The molecule has 9 heteroatoms.